The summed E-state index contributed by atoms with van der Waals surface area (Å²) < 4.78 is 4.84. The van der Waals surface area contributed by atoms with Crippen LogP contribution in [0.1, 0.15) is 5.56 Å². The van der Waals surface area contributed by atoms with Gasteiger partial charge in [-0.25, -0.2) is 4.98 Å². The first kappa shape index (κ1) is 9.98. The average molecular weight is 225 g/mol. The van der Waals surface area contributed by atoms with E-state index in [-0.39, 0.29) is 11.4 Å². The number of aromatic nitrogens is 2. The summed E-state index contributed by atoms with van der Waals surface area (Å²) in [5.41, 5.74) is 1.82. The van der Waals surface area contributed by atoms with E-state index in [0.29, 0.717) is 16.1 Å². The van der Waals surface area contributed by atoms with E-state index in [1.807, 2.05) is 6.92 Å². The molecule has 4 nitrogen and oxygen atoms in total. The Balaban J connectivity index is 2.82. The zero-order valence-electron chi connectivity index (χ0n) is 8.30. The maximum absolute atomic E-state index is 11.4. The smallest absolute Gasteiger partial charge is 0.311 e. The van der Waals surface area contributed by atoms with Gasteiger partial charge in [-0.2, -0.15) is 0 Å². The maximum Gasteiger partial charge on any atom is 0.311 e. The molecule has 0 aliphatic heterocycles. The minimum atomic E-state index is -0.357. The number of aryl methyl sites for hydroxylation is 1. The first-order valence-corrected chi connectivity index (χ1v) is 4.74. The molecule has 1 aromatic carbocycles. The minimum absolute atomic E-state index is 0.0595. The van der Waals surface area contributed by atoms with Gasteiger partial charge < -0.3 is 9.72 Å². The molecule has 5 heteroatoms. The first-order valence-electron chi connectivity index (χ1n) is 4.36. The normalized spacial score (nSPS) is 10.6. The van der Waals surface area contributed by atoms with Crippen LogP contribution in [0.15, 0.2) is 16.9 Å². The van der Waals surface area contributed by atoms with E-state index in [1.54, 1.807) is 12.1 Å². The third-order valence-electron chi connectivity index (χ3n) is 2.13. The first-order chi connectivity index (χ1) is 7.11. The van der Waals surface area contributed by atoms with E-state index < -0.39 is 0 Å². The van der Waals surface area contributed by atoms with Crippen molar-refractivity contribution in [2.24, 2.45) is 0 Å². The van der Waals surface area contributed by atoms with Crippen molar-refractivity contribution in [3.63, 3.8) is 0 Å². The van der Waals surface area contributed by atoms with Crippen molar-refractivity contribution in [1.29, 1.82) is 0 Å². The van der Waals surface area contributed by atoms with Gasteiger partial charge in [-0.15, -0.1) is 0 Å². The molecule has 0 unspecified atom stereocenters. The van der Waals surface area contributed by atoms with Crippen LogP contribution in [0.5, 0.6) is 5.88 Å². The van der Waals surface area contributed by atoms with Crippen molar-refractivity contribution < 1.29 is 4.74 Å². The lowest BCUT2D eigenvalue weighted by atomic mass is 10.2. The summed E-state index contributed by atoms with van der Waals surface area (Å²) in [5, 5.41) is 0.602. The van der Waals surface area contributed by atoms with Gasteiger partial charge in [-0.05, 0) is 24.6 Å². The molecule has 1 aromatic heterocycles. The number of hydrogen-bond donors (Lipinski definition) is 1. The molecule has 0 aliphatic rings. The molecule has 2 aromatic rings. The van der Waals surface area contributed by atoms with Gasteiger partial charge in [0, 0.05) is 5.02 Å². The van der Waals surface area contributed by atoms with Gasteiger partial charge in [0.05, 0.1) is 18.1 Å². The molecule has 78 valence electrons. The van der Waals surface area contributed by atoms with Crippen molar-refractivity contribution >= 4 is 22.6 Å². The standard InChI is InChI=1S/C10H9ClN2O2/c1-5-3-7-8(4-6(5)11)12-9(14)10(13-7)15-2/h3-4H,1-2H3,(H,12,14). The Hall–Kier alpha value is -1.55. The molecule has 0 fully saturated rings. The number of rotatable bonds is 1. The number of ether oxygens (including phenoxy) is 1. The zero-order chi connectivity index (χ0) is 11.0. The second kappa shape index (κ2) is 3.55. The number of benzene rings is 1. The van der Waals surface area contributed by atoms with Crippen LogP contribution >= 0.6 is 11.6 Å². The number of methoxy groups -OCH3 is 1. The van der Waals surface area contributed by atoms with Crippen molar-refractivity contribution in [2.75, 3.05) is 7.11 Å². The van der Waals surface area contributed by atoms with Gasteiger partial charge in [-0.1, -0.05) is 11.6 Å². The molecule has 0 saturated heterocycles. The number of hydrogen-bond acceptors (Lipinski definition) is 3. The van der Waals surface area contributed by atoms with Crippen LogP contribution in [0.4, 0.5) is 0 Å². The Kier molecular flexibility index (Phi) is 2.36. The molecule has 0 saturated carbocycles. The number of aromatic amines is 1. The van der Waals surface area contributed by atoms with Crippen LogP contribution in [0.3, 0.4) is 0 Å². The molecule has 2 rings (SSSR count). The quantitative estimate of drug-likeness (QED) is 0.805. The summed E-state index contributed by atoms with van der Waals surface area (Å²) in [6.07, 6.45) is 0. The van der Waals surface area contributed by atoms with E-state index in [1.165, 1.54) is 7.11 Å². The van der Waals surface area contributed by atoms with Crippen LogP contribution in [-0.4, -0.2) is 17.1 Å². The lowest BCUT2D eigenvalue weighted by Gasteiger charge is -2.03. The molecule has 1 heterocycles. The molecule has 0 amide bonds. The molecule has 1 N–H and O–H groups in total. The Labute approximate surface area is 90.9 Å². The predicted molar refractivity (Wildman–Crippen MR) is 58.7 cm³/mol. The topological polar surface area (TPSA) is 55.0 Å². The molecule has 0 spiro atoms. The number of fused-ring (bicyclic) bond motifs is 1. The third kappa shape index (κ3) is 1.68. The second-order valence-corrected chi connectivity index (χ2v) is 3.60. The summed E-state index contributed by atoms with van der Waals surface area (Å²) in [5.74, 6) is 0.0595. The van der Waals surface area contributed by atoms with Crippen molar-refractivity contribution in [1.82, 2.24) is 9.97 Å². The van der Waals surface area contributed by atoms with Gasteiger partial charge in [-0.3, -0.25) is 4.79 Å². The molecule has 0 radical (unpaired) electrons. The van der Waals surface area contributed by atoms with Crippen LogP contribution in [0.2, 0.25) is 5.02 Å². The minimum Gasteiger partial charge on any atom is -0.477 e. The fourth-order valence-corrected chi connectivity index (χ4v) is 1.50. The monoisotopic (exact) mass is 224 g/mol. The highest BCUT2D eigenvalue weighted by Gasteiger charge is 2.06. The molecule has 0 bridgehead atoms. The van der Waals surface area contributed by atoms with Crippen LogP contribution in [0, 0.1) is 6.92 Å². The van der Waals surface area contributed by atoms with Gasteiger partial charge in [0.2, 0.25) is 0 Å². The van der Waals surface area contributed by atoms with E-state index in [4.69, 9.17) is 16.3 Å². The fourth-order valence-electron chi connectivity index (χ4n) is 1.33. The lowest BCUT2D eigenvalue weighted by Crippen LogP contribution is -2.11. The van der Waals surface area contributed by atoms with E-state index in [9.17, 15) is 4.79 Å². The summed E-state index contributed by atoms with van der Waals surface area (Å²) in [7, 11) is 1.41. The Morgan fingerprint density at radius 3 is 2.87 bits per heavy atom. The lowest BCUT2D eigenvalue weighted by molar-refractivity contribution is 0.393. The van der Waals surface area contributed by atoms with E-state index in [2.05, 4.69) is 9.97 Å². The molecule has 0 atom stereocenters. The molecule has 15 heavy (non-hydrogen) atoms. The predicted octanol–water partition coefficient (Wildman–Crippen LogP) is 1.89. The molecular formula is C10H9ClN2O2. The summed E-state index contributed by atoms with van der Waals surface area (Å²) in [6.45, 7) is 1.88. The Morgan fingerprint density at radius 2 is 2.20 bits per heavy atom. The van der Waals surface area contributed by atoms with E-state index >= 15 is 0 Å². The SMILES string of the molecule is COc1nc2cc(C)c(Cl)cc2[nH]c1=O. The van der Waals surface area contributed by atoms with E-state index in [0.717, 1.165) is 5.56 Å². The fraction of sp³-hybridized carbons (Fsp3) is 0.200. The van der Waals surface area contributed by atoms with Crippen molar-refractivity contribution in [2.45, 2.75) is 6.92 Å². The molecule has 0 aliphatic carbocycles. The van der Waals surface area contributed by atoms with Gasteiger partial charge in [0.25, 0.3) is 5.88 Å². The third-order valence-corrected chi connectivity index (χ3v) is 2.54. The number of nitrogens with one attached hydrogen (secondary N) is 1. The van der Waals surface area contributed by atoms with Crippen LogP contribution in [0.25, 0.3) is 11.0 Å². The van der Waals surface area contributed by atoms with Crippen LogP contribution < -0.4 is 10.3 Å². The Morgan fingerprint density at radius 1 is 1.47 bits per heavy atom. The Bertz CT molecular complexity index is 577. The highest BCUT2D eigenvalue weighted by Crippen LogP contribution is 2.20. The summed E-state index contributed by atoms with van der Waals surface area (Å²) in [4.78, 5) is 18.1. The van der Waals surface area contributed by atoms with Crippen LogP contribution in [-0.2, 0) is 0 Å². The summed E-state index contributed by atoms with van der Waals surface area (Å²) in [6, 6.07) is 3.48. The zero-order valence-corrected chi connectivity index (χ0v) is 9.05. The van der Waals surface area contributed by atoms with Gasteiger partial charge in [0.15, 0.2) is 0 Å². The number of halogens is 1. The highest BCUT2D eigenvalue weighted by atomic mass is 35.5. The van der Waals surface area contributed by atoms with Crippen molar-refractivity contribution in [3.05, 3.63) is 33.1 Å². The van der Waals surface area contributed by atoms with Gasteiger partial charge >= 0.3 is 5.56 Å². The van der Waals surface area contributed by atoms with Crippen molar-refractivity contribution in [3.8, 4) is 5.88 Å². The highest BCUT2D eigenvalue weighted by molar-refractivity contribution is 6.32. The average Bonchev–Trinajstić information content (AvgIpc) is 2.20. The maximum atomic E-state index is 11.4. The summed E-state index contributed by atoms with van der Waals surface area (Å²) >= 11 is 5.93. The van der Waals surface area contributed by atoms with Gasteiger partial charge in [0.1, 0.15) is 0 Å². The number of H-pyrrole nitrogens is 1. The second-order valence-electron chi connectivity index (χ2n) is 3.19. The molecular weight excluding hydrogens is 216 g/mol. The number of nitrogens with zero attached hydrogens (tertiary/aromatic N) is 1. The largest absolute Gasteiger partial charge is 0.477 e.